The number of hydrogen-bond donors (Lipinski definition) is 1. The number of nitrogens with one attached hydrogen (secondary N) is 1. The van der Waals surface area contributed by atoms with Crippen molar-refractivity contribution in [2.24, 2.45) is 0 Å². The van der Waals surface area contributed by atoms with E-state index in [-0.39, 0.29) is 0 Å². The topological polar surface area (TPSA) is 64.9 Å². The highest BCUT2D eigenvalue weighted by Gasteiger charge is 2.04. The van der Waals surface area contributed by atoms with Gasteiger partial charge < -0.3 is 10.1 Å². The summed E-state index contributed by atoms with van der Waals surface area (Å²) in [6.07, 6.45) is 2.75. The normalized spacial score (nSPS) is 10.2. The summed E-state index contributed by atoms with van der Waals surface area (Å²) in [6.45, 7) is 7.71. The quantitative estimate of drug-likeness (QED) is 0.747. The minimum absolute atomic E-state index is 0.578. The molecule has 1 N–H and O–H groups in total. The predicted octanol–water partition coefficient (Wildman–Crippen LogP) is 2.26. The zero-order valence-electron chi connectivity index (χ0n) is 11.6. The van der Waals surface area contributed by atoms with Crippen LogP contribution in [-0.4, -0.2) is 26.8 Å². The summed E-state index contributed by atoms with van der Waals surface area (Å²) >= 11 is 0. The minimum Gasteiger partial charge on any atom is -0.494 e. The highest BCUT2D eigenvalue weighted by molar-refractivity contribution is 5.32. The van der Waals surface area contributed by atoms with E-state index in [2.05, 4.69) is 34.3 Å². The number of allylic oxidation sites excluding steroid dienone is 1. The van der Waals surface area contributed by atoms with Crippen molar-refractivity contribution in [3.8, 4) is 5.75 Å². The molecule has 20 heavy (non-hydrogen) atoms. The fraction of sp³-hybridized carbons (Fsp3) is 0.357. The van der Waals surface area contributed by atoms with Gasteiger partial charge in [-0.1, -0.05) is 30.2 Å². The second-order valence-electron chi connectivity index (χ2n) is 4.32. The van der Waals surface area contributed by atoms with Gasteiger partial charge in [0.25, 0.3) is 0 Å². The first-order valence-electron chi connectivity index (χ1n) is 6.66. The molecular formula is C14H19N5O. The fourth-order valence-corrected chi connectivity index (χ4v) is 1.72. The third kappa shape index (κ3) is 3.81. The molecule has 0 fully saturated rings. The molecule has 0 bridgehead atoms. The molecule has 0 aliphatic rings. The third-order valence-corrected chi connectivity index (χ3v) is 2.66. The third-order valence-electron chi connectivity index (χ3n) is 2.66. The predicted molar refractivity (Wildman–Crippen MR) is 77.6 cm³/mol. The summed E-state index contributed by atoms with van der Waals surface area (Å²) in [5.74, 6) is 1.52. The Morgan fingerprint density at radius 3 is 3.15 bits per heavy atom. The van der Waals surface area contributed by atoms with E-state index in [1.165, 1.54) is 0 Å². The van der Waals surface area contributed by atoms with Gasteiger partial charge in [-0.15, -0.1) is 6.58 Å². The average molecular weight is 273 g/mol. The van der Waals surface area contributed by atoms with E-state index in [1.807, 2.05) is 24.3 Å². The molecule has 1 aromatic carbocycles. The van der Waals surface area contributed by atoms with Crippen molar-refractivity contribution in [2.75, 3.05) is 11.9 Å². The van der Waals surface area contributed by atoms with Crippen LogP contribution in [0.25, 0.3) is 0 Å². The van der Waals surface area contributed by atoms with Crippen LogP contribution in [0.4, 0.5) is 5.95 Å². The molecule has 106 valence electrons. The van der Waals surface area contributed by atoms with Crippen molar-refractivity contribution in [3.05, 3.63) is 42.5 Å². The summed E-state index contributed by atoms with van der Waals surface area (Å²) in [5, 5.41) is 14.6. The molecular weight excluding hydrogens is 254 g/mol. The lowest BCUT2D eigenvalue weighted by Crippen LogP contribution is -2.08. The van der Waals surface area contributed by atoms with Crippen LogP contribution in [0.2, 0.25) is 0 Å². The lowest BCUT2D eigenvalue weighted by molar-refractivity contribution is 0.317. The zero-order chi connectivity index (χ0) is 14.2. The first-order chi connectivity index (χ1) is 9.83. The van der Waals surface area contributed by atoms with Crippen LogP contribution in [0.1, 0.15) is 18.9 Å². The van der Waals surface area contributed by atoms with E-state index in [0.717, 1.165) is 24.3 Å². The molecule has 6 nitrogen and oxygen atoms in total. The molecule has 2 aromatic rings. The Morgan fingerprint density at radius 2 is 2.35 bits per heavy atom. The molecule has 0 aliphatic heterocycles. The van der Waals surface area contributed by atoms with Crippen LogP contribution in [-0.2, 0) is 13.1 Å². The Hall–Kier alpha value is -2.37. The number of tetrazole rings is 1. The smallest absolute Gasteiger partial charge is 0.243 e. The lowest BCUT2D eigenvalue weighted by atomic mass is 10.2. The monoisotopic (exact) mass is 273 g/mol. The van der Waals surface area contributed by atoms with E-state index >= 15 is 0 Å². The average Bonchev–Trinajstić information content (AvgIpc) is 2.91. The van der Waals surface area contributed by atoms with Crippen LogP contribution in [0.3, 0.4) is 0 Å². The van der Waals surface area contributed by atoms with Gasteiger partial charge in [-0.3, -0.25) is 0 Å². The van der Waals surface area contributed by atoms with E-state index in [0.29, 0.717) is 19.0 Å². The second-order valence-corrected chi connectivity index (χ2v) is 4.32. The first kappa shape index (κ1) is 14.0. The van der Waals surface area contributed by atoms with Crippen molar-refractivity contribution in [1.29, 1.82) is 0 Å². The van der Waals surface area contributed by atoms with Crippen molar-refractivity contribution < 1.29 is 4.74 Å². The van der Waals surface area contributed by atoms with Gasteiger partial charge in [-0.05, 0) is 34.5 Å². The SMILES string of the molecule is C=CCn1nnnc1NCc1cccc(OCCC)c1. The van der Waals surface area contributed by atoms with Crippen LogP contribution >= 0.6 is 0 Å². The molecule has 0 saturated heterocycles. The molecule has 0 amide bonds. The van der Waals surface area contributed by atoms with Crippen LogP contribution in [0, 0.1) is 0 Å². The standard InChI is InChI=1S/C14H19N5O/c1-3-8-19-14(16-17-18-19)15-11-12-6-5-7-13(10-12)20-9-4-2/h3,5-7,10H,1,4,8-9,11H2,2H3,(H,15,16,18). The first-order valence-corrected chi connectivity index (χ1v) is 6.66. The molecule has 0 spiro atoms. The summed E-state index contributed by atoms with van der Waals surface area (Å²) < 4.78 is 7.27. The highest BCUT2D eigenvalue weighted by atomic mass is 16.5. The number of rotatable bonds is 8. The van der Waals surface area contributed by atoms with Crippen LogP contribution < -0.4 is 10.1 Å². The van der Waals surface area contributed by atoms with Gasteiger partial charge in [-0.2, -0.15) is 0 Å². The fourth-order valence-electron chi connectivity index (χ4n) is 1.72. The van der Waals surface area contributed by atoms with Gasteiger partial charge >= 0.3 is 0 Å². The van der Waals surface area contributed by atoms with Crippen molar-refractivity contribution in [1.82, 2.24) is 20.2 Å². The van der Waals surface area contributed by atoms with Gasteiger partial charge in [0.1, 0.15) is 5.75 Å². The molecule has 0 unspecified atom stereocenters. The van der Waals surface area contributed by atoms with E-state index in [4.69, 9.17) is 4.74 Å². The highest BCUT2D eigenvalue weighted by Crippen LogP contribution is 2.14. The summed E-state index contributed by atoms with van der Waals surface area (Å²) in [7, 11) is 0. The van der Waals surface area contributed by atoms with E-state index in [1.54, 1.807) is 10.8 Å². The number of hydrogen-bond acceptors (Lipinski definition) is 5. The molecule has 0 atom stereocenters. The summed E-state index contributed by atoms with van der Waals surface area (Å²) in [6, 6.07) is 7.99. The number of benzene rings is 1. The largest absolute Gasteiger partial charge is 0.494 e. The lowest BCUT2D eigenvalue weighted by Gasteiger charge is -2.08. The maximum Gasteiger partial charge on any atom is 0.243 e. The zero-order valence-corrected chi connectivity index (χ0v) is 11.6. The molecule has 1 aromatic heterocycles. The Labute approximate surface area is 118 Å². The Morgan fingerprint density at radius 1 is 1.45 bits per heavy atom. The summed E-state index contributed by atoms with van der Waals surface area (Å²) in [5.41, 5.74) is 1.12. The van der Waals surface area contributed by atoms with Gasteiger partial charge in [0.05, 0.1) is 13.2 Å². The van der Waals surface area contributed by atoms with E-state index < -0.39 is 0 Å². The number of anilines is 1. The van der Waals surface area contributed by atoms with Gasteiger partial charge in [0.15, 0.2) is 0 Å². The molecule has 0 saturated carbocycles. The Bertz CT molecular complexity index is 552. The second kappa shape index (κ2) is 7.28. The van der Waals surface area contributed by atoms with Crippen molar-refractivity contribution >= 4 is 5.95 Å². The van der Waals surface area contributed by atoms with Crippen molar-refractivity contribution in [3.63, 3.8) is 0 Å². The van der Waals surface area contributed by atoms with E-state index in [9.17, 15) is 0 Å². The van der Waals surface area contributed by atoms with Gasteiger partial charge in [-0.25, -0.2) is 4.68 Å². The minimum atomic E-state index is 0.578. The van der Waals surface area contributed by atoms with Gasteiger partial charge in [0, 0.05) is 6.54 Å². The maximum absolute atomic E-state index is 5.61. The number of aromatic nitrogens is 4. The Balaban J connectivity index is 1.96. The molecule has 1 heterocycles. The molecule has 0 aliphatic carbocycles. The summed E-state index contributed by atoms with van der Waals surface area (Å²) in [4.78, 5) is 0. The number of ether oxygens (including phenoxy) is 1. The number of nitrogens with zero attached hydrogens (tertiary/aromatic N) is 4. The molecule has 0 radical (unpaired) electrons. The van der Waals surface area contributed by atoms with Crippen LogP contribution in [0.15, 0.2) is 36.9 Å². The van der Waals surface area contributed by atoms with Crippen molar-refractivity contribution in [2.45, 2.75) is 26.4 Å². The maximum atomic E-state index is 5.61. The molecule has 6 heteroatoms. The molecule has 2 rings (SSSR count). The Kier molecular flexibility index (Phi) is 5.11. The van der Waals surface area contributed by atoms with Crippen LogP contribution in [0.5, 0.6) is 5.75 Å². The van der Waals surface area contributed by atoms with Gasteiger partial charge in [0.2, 0.25) is 5.95 Å².